The normalized spacial score (nSPS) is 9.50. The molecule has 0 aliphatic carbocycles. The molecule has 1 rings (SSSR count). The average Bonchev–Trinajstić information content (AvgIpc) is 2.06. The van der Waals surface area contributed by atoms with Crippen LogP contribution in [-0.2, 0) is 0 Å². The molecule has 0 saturated heterocycles. The summed E-state index contributed by atoms with van der Waals surface area (Å²) >= 11 is 5.55. The van der Waals surface area contributed by atoms with E-state index in [9.17, 15) is 4.79 Å². The molecule has 5 heteroatoms. The summed E-state index contributed by atoms with van der Waals surface area (Å²) < 4.78 is 0. The minimum absolute atomic E-state index is 0.230. The van der Waals surface area contributed by atoms with E-state index >= 15 is 0 Å². The Morgan fingerprint density at radius 2 is 2.42 bits per heavy atom. The number of carbonyl (C=O) groups excluding carboxylic acids is 1. The highest BCUT2D eigenvalue weighted by atomic mass is 35.5. The van der Waals surface area contributed by atoms with Crippen molar-refractivity contribution in [2.75, 3.05) is 6.73 Å². The number of hydrogen-bond acceptors (Lipinski definition) is 3. The van der Waals surface area contributed by atoms with Gasteiger partial charge in [0.1, 0.15) is 12.4 Å². The van der Waals surface area contributed by atoms with Gasteiger partial charge in [0.05, 0.1) is 5.02 Å². The van der Waals surface area contributed by atoms with Crippen LogP contribution in [0.5, 0.6) is 0 Å². The molecule has 0 aliphatic rings. The number of aliphatic hydroxyl groups excluding tert-OH is 1. The van der Waals surface area contributed by atoms with Crippen molar-refractivity contribution in [1.29, 1.82) is 0 Å². The highest BCUT2D eigenvalue weighted by molar-refractivity contribution is 6.30. The van der Waals surface area contributed by atoms with Crippen molar-refractivity contribution in [2.24, 2.45) is 0 Å². The molecule has 1 aromatic heterocycles. The van der Waals surface area contributed by atoms with Crippen molar-refractivity contribution in [1.82, 2.24) is 10.3 Å². The number of amides is 1. The number of nitrogens with zero attached hydrogens (tertiary/aromatic N) is 1. The van der Waals surface area contributed by atoms with Gasteiger partial charge in [-0.1, -0.05) is 11.6 Å². The lowest BCUT2D eigenvalue weighted by molar-refractivity contribution is 0.0905. The lowest BCUT2D eigenvalue weighted by Crippen LogP contribution is -2.24. The fraction of sp³-hybridized carbons (Fsp3) is 0.143. The molecule has 0 bridgehead atoms. The van der Waals surface area contributed by atoms with E-state index in [1.165, 1.54) is 12.3 Å². The molecule has 0 aliphatic heterocycles. The molecule has 0 fully saturated rings. The zero-order valence-electron chi connectivity index (χ0n) is 6.12. The summed E-state index contributed by atoms with van der Waals surface area (Å²) in [6.45, 7) is -0.400. The predicted molar refractivity (Wildman–Crippen MR) is 43.8 cm³/mol. The third-order valence-electron chi connectivity index (χ3n) is 1.20. The average molecular weight is 187 g/mol. The Hall–Kier alpha value is -1.13. The lowest BCUT2D eigenvalue weighted by atomic mass is 10.3. The van der Waals surface area contributed by atoms with Crippen LogP contribution in [0.15, 0.2) is 18.3 Å². The Morgan fingerprint density at radius 1 is 1.67 bits per heavy atom. The zero-order chi connectivity index (χ0) is 8.97. The molecule has 2 N–H and O–H groups in total. The van der Waals surface area contributed by atoms with Gasteiger partial charge in [0.15, 0.2) is 0 Å². The molecule has 0 aromatic carbocycles. The van der Waals surface area contributed by atoms with Crippen LogP contribution < -0.4 is 5.32 Å². The molecule has 0 unspecified atom stereocenters. The Bertz CT molecular complexity index is 273. The first-order valence-electron chi connectivity index (χ1n) is 3.24. The minimum atomic E-state index is -0.422. The second kappa shape index (κ2) is 4.04. The van der Waals surface area contributed by atoms with E-state index in [1.54, 1.807) is 6.07 Å². The van der Waals surface area contributed by atoms with Crippen molar-refractivity contribution >= 4 is 17.5 Å². The molecule has 12 heavy (non-hydrogen) atoms. The van der Waals surface area contributed by atoms with E-state index in [1.807, 2.05) is 0 Å². The monoisotopic (exact) mass is 186 g/mol. The van der Waals surface area contributed by atoms with Crippen molar-refractivity contribution < 1.29 is 9.90 Å². The predicted octanol–water partition coefficient (Wildman–Crippen LogP) is 0.415. The van der Waals surface area contributed by atoms with E-state index in [-0.39, 0.29) is 5.69 Å². The Kier molecular flexibility index (Phi) is 3.01. The Labute approximate surface area is 74.2 Å². The first-order valence-corrected chi connectivity index (χ1v) is 3.62. The van der Waals surface area contributed by atoms with Crippen LogP contribution in [0.2, 0.25) is 5.02 Å². The first kappa shape index (κ1) is 8.96. The summed E-state index contributed by atoms with van der Waals surface area (Å²) in [7, 11) is 0. The van der Waals surface area contributed by atoms with Gasteiger partial charge in [0.2, 0.25) is 0 Å². The summed E-state index contributed by atoms with van der Waals surface area (Å²) in [5.41, 5.74) is 0.230. The molecular formula is C7H7ClN2O2. The second-order valence-electron chi connectivity index (χ2n) is 2.03. The fourth-order valence-corrected chi connectivity index (χ4v) is 0.784. The highest BCUT2D eigenvalue weighted by Gasteiger charge is 2.04. The van der Waals surface area contributed by atoms with Crippen LogP contribution in [0.1, 0.15) is 10.5 Å². The van der Waals surface area contributed by atoms with Gasteiger partial charge in [-0.2, -0.15) is 0 Å². The third kappa shape index (κ3) is 2.18. The smallest absolute Gasteiger partial charge is 0.271 e. The molecule has 4 nitrogen and oxygen atoms in total. The summed E-state index contributed by atoms with van der Waals surface area (Å²) in [5.74, 6) is -0.422. The summed E-state index contributed by atoms with van der Waals surface area (Å²) in [5, 5.41) is 11.0. The zero-order valence-corrected chi connectivity index (χ0v) is 6.88. The first-order chi connectivity index (χ1) is 5.74. The summed E-state index contributed by atoms with van der Waals surface area (Å²) in [4.78, 5) is 14.7. The van der Waals surface area contributed by atoms with Crippen molar-refractivity contribution in [3.63, 3.8) is 0 Å². The van der Waals surface area contributed by atoms with Gasteiger partial charge in [0, 0.05) is 6.20 Å². The number of hydrogen-bond donors (Lipinski definition) is 2. The number of aliphatic hydroxyl groups is 1. The SMILES string of the molecule is O=C(NCO)c1ccc(Cl)cn1. The fourth-order valence-electron chi connectivity index (χ4n) is 0.672. The maximum absolute atomic E-state index is 11.0. The van der Waals surface area contributed by atoms with Gasteiger partial charge >= 0.3 is 0 Å². The van der Waals surface area contributed by atoms with Crippen LogP contribution >= 0.6 is 11.6 Å². The van der Waals surface area contributed by atoms with E-state index in [2.05, 4.69) is 10.3 Å². The van der Waals surface area contributed by atoms with Gasteiger partial charge in [-0.3, -0.25) is 4.79 Å². The molecule has 0 radical (unpaired) electrons. The van der Waals surface area contributed by atoms with Crippen LogP contribution in [0.4, 0.5) is 0 Å². The number of rotatable bonds is 2. The van der Waals surface area contributed by atoms with E-state index in [4.69, 9.17) is 16.7 Å². The highest BCUT2D eigenvalue weighted by Crippen LogP contribution is 2.05. The molecule has 1 aromatic rings. The maximum Gasteiger partial charge on any atom is 0.271 e. The van der Waals surface area contributed by atoms with E-state index in [0.29, 0.717) is 5.02 Å². The molecule has 0 spiro atoms. The maximum atomic E-state index is 11.0. The number of halogens is 1. The van der Waals surface area contributed by atoms with Crippen molar-refractivity contribution in [3.8, 4) is 0 Å². The van der Waals surface area contributed by atoms with Gasteiger partial charge in [-0.05, 0) is 12.1 Å². The van der Waals surface area contributed by atoms with Gasteiger partial charge < -0.3 is 10.4 Å². The third-order valence-corrected chi connectivity index (χ3v) is 1.42. The van der Waals surface area contributed by atoms with Gasteiger partial charge in [-0.15, -0.1) is 0 Å². The number of carbonyl (C=O) groups is 1. The largest absolute Gasteiger partial charge is 0.376 e. The van der Waals surface area contributed by atoms with Crippen LogP contribution in [-0.4, -0.2) is 22.7 Å². The minimum Gasteiger partial charge on any atom is -0.376 e. The topological polar surface area (TPSA) is 62.2 Å². The quantitative estimate of drug-likeness (QED) is 0.658. The lowest BCUT2D eigenvalue weighted by Gasteiger charge is -1.99. The van der Waals surface area contributed by atoms with E-state index in [0.717, 1.165) is 0 Å². The van der Waals surface area contributed by atoms with Gasteiger partial charge in [0.25, 0.3) is 5.91 Å². The van der Waals surface area contributed by atoms with Crippen LogP contribution in [0.25, 0.3) is 0 Å². The van der Waals surface area contributed by atoms with Crippen LogP contribution in [0.3, 0.4) is 0 Å². The number of aromatic nitrogens is 1. The van der Waals surface area contributed by atoms with E-state index < -0.39 is 12.6 Å². The van der Waals surface area contributed by atoms with Crippen molar-refractivity contribution in [2.45, 2.75) is 0 Å². The molecule has 0 atom stereocenters. The summed E-state index contributed by atoms with van der Waals surface area (Å²) in [6.07, 6.45) is 1.37. The molecule has 1 heterocycles. The molecule has 1 amide bonds. The Balaban J connectivity index is 2.75. The molecule has 0 saturated carbocycles. The second-order valence-corrected chi connectivity index (χ2v) is 2.46. The number of nitrogens with one attached hydrogen (secondary N) is 1. The number of pyridine rings is 1. The summed E-state index contributed by atoms with van der Waals surface area (Å²) in [6, 6.07) is 3.04. The molecular weight excluding hydrogens is 180 g/mol. The molecule has 64 valence electrons. The Morgan fingerprint density at radius 3 is 2.92 bits per heavy atom. The van der Waals surface area contributed by atoms with Crippen LogP contribution in [0, 0.1) is 0 Å². The standard InChI is InChI=1S/C7H7ClN2O2/c8-5-1-2-6(9-3-5)7(12)10-4-11/h1-3,11H,4H2,(H,10,12). The van der Waals surface area contributed by atoms with Crippen molar-refractivity contribution in [3.05, 3.63) is 29.0 Å². The van der Waals surface area contributed by atoms with Gasteiger partial charge in [-0.25, -0.2) is 4.98 Å².